The Labute approximate surface area is 117 Å². The summed E-state index contributed by atoms with van der Waals surface area (Å²) in [6, 6.07) is 6.20. The molecule has 0 spiro atoms. The molecule has 2 amide bonds. The minimum Gasteiger partial charge on any atom is -0.508 e. The molecule has 20 heavy (non-hydrogen) atoms. The minimum atomic E-state index is -0.929. The highest BCUT2D eigenvalue weighted by Crippen LogP contribution is 2.27. The molecule has 1 aliphatic rings. The van der Waals surface area contributed by atoms with E-state index >= 15 is 0 Å². The highest BCUT2D eigenvalue weighted by molar-refractivity contribution is 5.91. The summed E-state index contributed by atoms with van der Waals surface area (Å²) in [6.07, 6.45) is 0. The molecule has 0 bridgehead atoms. The second kappa shape index (κ2) is 5.03. The van der Waals surface area contributed by atoms with Gasteiger partial charge >= 0.3 is 6.03 Å². The fraction of sp³-hybridized carbons (Fsp3) is 0.429. The van der Waals surface area contributed by atoms with Crippen LogP contribution in [0.4, 0.5) is 10.5 Å². The smallest absolute Gasteiger partial charge is 0.315 e. The van der Waals surface area contributed by atoms with Gasteiger partial charge in [-0.1, -0.05) is 0 Å². The number of phenols is 1. The summed E-state index contributed by atoms with van der Waals surface area (Å²) in [4.78, 5) is 26.9. The van der Waals surface area contributed by atoms with Crippen LogP contribution in [0.2, 0.25) is 0 Å². The van der Waals surface area contributed by atoms with Gasteiger partial charge < -0.3 is 20.6 Å². The third-order valence-electron chi connectivity index (χ3n) is 3.93. The molecule has 108 valence electrons. The van der Waals surface area contributed by atoms with Crippen molar-refractivity contribution in [3.05, 3.63) is 24.3 Å². The van der Waals surface area contributed by atoms with Crippen LogP contribution in [0.3, 0.4) is 0 Å². The number of carbonyl (C=O) groups excluding carboxylic acids is 2. The highest BCUT2D eigenvalue weighted by Gasteiger charge is 2.43. The molecule has 1 atom stereocenters. The minimum absolute atomic E-state index is 0.0974. The summed E-state index contributed by atoms with van der Waals surface area (Å²) in [5.41, 5.74) is 5.34. The first-order chi connectivity index (χ1) is 9.34. The lowest BCUT2D eigenvalue weighted by molar-refractivity contribution is -0.126. The summed E-state index contributed by atoms with van der Waals surface area (Å²) in [5.74, 6) is 0.0960. The van der Waals surface area contributed by atoms with Crippen molar-refractivity contribution in [2.24, 2.45) is 5.73 Å². The molecular formula is C14H19N3O3. The summed E-state index contributed by atoms with van der Waals surface area (Å²) in [6.45, 7) is 4.57. The second-order valence-electron chi connectivity index (χ2n) is 5.26. The lowest BCUT2D eigenvalue weighted by atomic mass is 9.91. The van der Waals surface area contributed by atoms with Crippen molar-refractivity contribution in [3.63, 3.8) is 0 Å². The molecule has 0 aromatic heterocycles. The number of ketones is 1. The van der Waals surface area contributed by atoms with Gasteiger partial charge in [0.1, 0.15) is 11.3 Å². The molecule has 3 N–H and O–H groups in total. The predicted molar refractivity (Wildman–Crippen MR) is 75.7 cm³/mol. The summed E-state index contributed by atoms with van der Waals surface area (Å²) in [7, 11) is 0. The Hall–Kier alpha value is -2.24. The molecule has 1 heterocycles. The van der Waals surface area contributed by atoms with Crippen LogP contribution < -0.4 is 10.6 Å². The summed E-state index contributed by atoms with van der Waals surface area (Å²) in [5, 5.41) is 9.32. The van der Waals surface area contributed by atoms with E-state index in [1.165, 1.54) is 11.8 Å². The zero-order valence-electron chi connectivity index (χ0n) is 11.7. The van der Waals surface area contributed by atoms with E-state index in [0.717, 1.165) is 5.69 Å². The Morgan fingerprint density at radius 1 is 1.25 bits per heavy atom. The molecule has 6 heteroatoms. The number of nitrogens with zero attached hydrogens (tertiary/aromatic N) is 2. The van der Waals surface area contributed by atoms with Crippen molar-refractivity contribution in [1.29, 1.82) is 0 Å². The Kier molecular flexibility index (Phi) is 3.57. The van der Waals surface area contributed by atoms with Gasteiger partial charge in [0.15, 0.2) is 5.78 Å². The van der Waals surface area contributed by atoms with Crippen molar-refractivity contribution < 1.29 is 14.7 Å². The first-order valence-electron chi connectivity index (χ1n) is 6.46. The number of amides is 2. The zero-order chi connectivity index (χ0) is 14.9. The van der Waals surface area contributed by atoms with E-state index in [4.69, 9.17) is 5.73 Å². The number of piperazine rings is 1. The Balaban J connectivity index is 2.27. The monoisotopic (exact) mass is 277 g/mol. The number of urea groups is 1. The van der Waals surface area contributed by atoms with Crippen molar-refractivity contribution in [2.75, 3.05) is 24.5 Å². The highest BCUT2D eigenvalue weighted by atomic mass is 16.3. The van der Waals surface area contributed by atoms with Gasteiger partial charge in [0.25, 0.3) is 0 Å². The van der Waals surface area contributed by atoms with Crippen molar-refractivity contribution in [2.45, 2.75) is 19.4 Å². The van der Waals surface area contributed by atoms with Gasteiger partial charge in [-0.25, -0.2) is 4.79 Å². The number of benzene rings is 1. The van der Waals surface area contributed by atoms with E-state index in [-0.39, 0.29) is 11.5 Å². The van der Waals surface area contributed by atoms with Crippen LogP contribution in [-0.4, -0.2) is 47.0 Å². The topological polar surface area (TPSA) is 86.9 Å². The van der Waals surface area contributed by atoms with Crippen LogP contribution in [0, 0.1) is 0 Å². The molecule has 1 unspecified atom stereocenters. The van der Waals surface area contributed by atoms with Crippen molar-refractivity contribution >= 4 is 17.5 Å². The van der Waals surface area contributed by atoms with E-state index in [9.17, 15) is 14.7 Å². The van der Waals surface area contributed by atoms with E-state index in [2.05, 4.69) is 0 Å². The maximum atomic E-state index is 12.0. The van der Waals surface area contributed by atoms with Gasteiger partial charge in [-0.2, -0.15) is 0 Å². The van der Waals surface area contributed by atoms with Crippen molar-refractivity contribution in [3.8, 4) is 5.75 Å². The fourth-order valence-electron chi connectivity index (χ4n) is 2.54. The van der Waals surface area contributed by atoms with Gasteiger partial charge in [0, 0.05) is 25.3 Å². The molecule has 2 rings (SSSR count). The summed E-state index contributed by atoms with van der Waals surface area (Å²) < 4.78 is 0. The van der Waals surface area contributed by atoms with Crippen LogP contribution in [0.5, 0.6) is 5.75 Å². The number of hydrogen-bond acceptors (Lipinski definition) is 4. The Morgan fingerprint density at radius 3 is 2.35 bits per heavy atom. The van der Waals surface area contributed by atoms with E-state index in [0.29, 0.717) is 19.6 Å². The van der Waals surface area contributed by atoms with Gasteiger partial charge in [0.05, 0.1) is 0 Å². The number of primary amides is 1. The standard InChI is InChI=1S/C14H19N3O3/c1-10(18)14(2)9-16(7-8-17(14)13(15)20)11-3-5-12(19)6-4-11/h3-6,19H,7-9H2,1-2H3,(H2,15,20). The number of anilines is 1. The quantitative estimate of drug-likeness (QED) is 0.842. The van der Waals surface area contributed by atoms with Crippen LogP contribution in [-0.2, 0) is 4.79 Å². The molecule has 0 radical (unpaired) electrons. The molecule has 1 aliphatic heterocycles. The third-order valence-corrected chi connectivity index (χ3v) is 3.93. The van der Waals surface area contributed by atoms with E-state index < -0.39 is 11.6 Å². The number of rotatable bonds is 2. The van der Waals surface area contributed by atoms with Crippen LogP contribution >= 0.6 is 0 Å². The lowest BCUT2D eigenvalue weighted by Crippen LogP contribution is -2.66. The first-order valence-corrected chi connectivity index (χ1v) is 6.46. The lowest BCUT2D eigenvalue weighted by Gasteiger charge is -2.47. The molecule has 0 saturated carbocycles. The molecule has 1 fully saturated rings. The van der Waals surface area contributed by atoms with Gasteiger partial charge in [-0.05, 0) is 38.1 Å². The van der Waals surface area contributed by atoms with E-state index in [1.807, 2.05) is 4.90 Å². The first kappa shape index (κ1) is 14.2. The second-order valence-corrected chi connectivity index (χ2v) is 5.26. The summed E-state index contributed by atoms with van der Waals surface area (Å²) >= 11 is 0. The van der Waals surface area contributed by atoms with Crippen LogP contribution in [0.25, 0.3) is 0 Å². The fourth-order valence-corrected chi connectivity index (χ4v) is 2.54. The number of nitrogens with two attached hydrogens (primary N) is 1. The van der Waals surface area contributed by atoms with Gasteiger partial charge in [-0.15, -0.1) is 0 Å². The Bertz CT molecular complexity index is 529. The maximum absolute atomic E-state index is 12.0. The molecule has 1 aromatic carbocycles. The number of carbonyl (C=O) groups is 2. The largest absolute Gasteiger partial charge is 0.508 e. The molecule has 0 aliphatic carbocycles. The number of aromatic hydroxyl groups is 1. The molecule has 1 saturated heterocycles. The molecular weight excluding hydrogens is 258 g/mol. The Morgan fingerprint density at radius 2 is 1.85 bits per heavy atom. The van der Waals surface area contributed by atoms with E-state index in [1.54, 1.807) is 31.2 Å². The molecule has 6 nitrogen and oxygen atoms in total. The zero-order valence-corrected chi connectivity index (χ0v) is 11.7. The maximum Gasteiger partial charge on any atom is 0.315 e. The molecule has 1 aromatic rings. The third kappa shape index (κ3) is 2.41. The number of phenolic OH excluding ortho intramolecular Hbond substituents is 1. The van der Waals surface area contributed by atoms with Crippen molar-refractivity contribution in [1.82, 2.24) is 4.90 Å². The van der Waals surface area contributed by atoms with Crippen LogP contribution in [0.15, 0.2) is 24.3 Å². The normalized spacial score (nSPS) is 22.7. The SMILES string of the molecule is CC(=O)C1(C)CN(c2ccc(O)cc2)CCN1C(N)=O. The number of hydrogen-bond donors (Lipinski definition) is 2. The predicted octanol–water partition coefficient (Wildman–Crippen LogP) is 0.941. The number of Topliss-reactive ketones (excluding diaryl/α,β-unsaturated/α-hetero) is 1. The van der Waals surface area contributed by atoms with Gasteiger partial charge in [-0.3, -0.25) is 4.79 Å². The average molecular weight is 277 g/mol. The average Bonchev–Trinajstić information content (AvgIpc) is 2.38. The van der Waals surface area contributed by atoms with Crippen LogP contribution in [0.1, 0.15) is 13.8 Å². The van der Waals surface area contributed by atoms with Gasteiger partial charge in [0.2, 0.25) is 0 Å².